The molecule has 0 aliphatic carbocycles. The Kier molecular flexibility index (Phi) is 3.51. The van der Waals surface area contributed by atoms with Crippen LogP contribution in [0.5, 0.6) is 11.5 Å². The Hall–Kier alpha value is -1.80. The molecule has 2 heteroatoms. The first kappa shape index (κ1) is 12.2. The first-order valence-electron chi connectivity index (χ1n) is 6.17. The van der Waals surface area contributed by atoms with Crippen LogP contribution in [-0.4, -0.2) is 0 Å². The minimum Gasteiger partial charge on any atom is -0.457 e. The molecule has 0 unspecified atom stereocenters. The minimum atomic E-state index is 0.788. The number of halogens is 1. The van der Waals surface area contributed by atoms with Gasteiger partial charge in [0.1, 0.15) is 11.5 Å². The maximum atomic E-state index is 5.98. The number of fused-ring (bicyclic) bond motifs is 1. The quantitative estimate of drug-likeness (QED) is 0.578. The Morgan fingerprint density at radius 3 is 2.37 bits per heavy atom. The lowest BCUT2D eigenvalue weighted by atomic mass is 10.1. The zero-order valence-corrected chi connectivity index (χ0v) is 11.9. The lowest BCUT2D eigenvalue weighted by Crippen LogP contribution is -1.89. The van der Waals surface area contributed by atoms with Crippen molar-refractivity contribution in [2.24, 2.45) is 0 Å². The molecule has 0 atom stereocenters. The van der Waals surface area contributed by atoms with Crippen molar-refractivity contribution in [1.29, 1.82) is 0 Å². The van der Waals surface area contributed by atoms with E-state index in [1.807, 2.05) is 36.4 Å². The van der Waals surface area contributed by atoms with Crippen LogP contribution in [0.2, 0.25) is 0 Å². The smallest absolute Gasteiger partial charge is 0.131 e. The van der Waals surface area contributed by atoms with Gasteiger partial charge in [0.15, 0.2) is 0 Å². The maximum Gasteiger partial charge on any atom is 0.131 e. The molecular weight excluding hydrogens is 300 g/mol. The van der Waals surface area contributed by atoms with Crippen LogP contribution < -0.4 is 4.74 Å². The fraction of sp³-hybridized carbons (Fsp3) is 0.0588. The highest BCUT2D eigenvalue weighted by Crippen LogP contribution is 2.28. The molecule has 0 radical (unpaired) electrons. The summed E-state index contributed by atoms with van der Waals surface area (Å²) in [5.74, 6) is 1.77. The standard InChI is InChI=1S/C17H13BrO/c18-12-15-7-3-4-8-17(15)19-16-10-9-13-5-1-2-6-14(13)11-16/h1-11H,12H2. The van der Waals surface area contributed by atoms with E-state index >= 15 is 0 Å². The minimum absolute atomic E-state index is 0.788. The van der Waals surface area contributed by atoms with Crippen molar-refractivity contribution in [1.82, 2.24) is 0 Å². The van der Waals surface area contributed by atoms with Crippen LogP contribution in [0.1, 0.15) is 5.56 Å². The zero-order chi connectivity index (χ0) is 13.1. The largest absolute Gasteiger partial charge is 0.457 e. The van der Waals surface area contributed by atoms with E-state index in [-0.39, 0.29) is 0 Å². The maximum absolute atomic E-state index is 5.98. The Labute approximate surface area is 121 Å². The van der Waals surface area contributed by atoms with Gasteiger partial charge in [-0.15, -0.1) is 0 Å². The van der Waals surface area contributed by atoms with Gasteiger partial charge in [0, 0.05) is 10.9 Å². The molecule has 94 valence electrons. The van der Waals surface area contributed by atoms with Gasteiger partial charge in [-0.2, -0.15) is 0 Å². The van der Waals surface area contributed by atoms with Crippen LogP contribution in [0, 0.1) is 0 Å². The van der Waals surface area contributed by atoms with Crippen LogP contribution in [0.4, 0.5) is 0 Å². The Morgan fingerprint density at radius 1 is 0.789 bits per heavy atom. The van der Waals surface area contributed by atoms with E-state index in [0.717, 1.165) is 22.4 Å². The lowest BCUT2D eigenvalue weighted by molar-refractivity contribution is 0.479. The lowest BCUT2D eigenvalue weighted by Gasteiger charge is -2.10. The third-order valence-electron chi connectivity index (χ3n) is 3.07. The van der Waals surface area contributed by atoms with E-state index in [9.17, 15) is 0 Å². The number of benzene rings is 3. The second-order valence-electron chi connectivity index (χ2n) is 4.35. The summed E-state index contributed by atoms with van der Waals surface area (Å²) in [5.41, 5.74) is 1.15. The highest BCUT2D eigenvalue weighted by atomic mass is 79.9. The number of rotatable bonds is 3. The molecule has 0 amide bonds. The molecule has 0 aliphatic heterocycles. The molecule has 3 aromatic carbocycles. The average Bonchev–Trinajstić information content (AvgIpc) is 2.48. The second-order valence-corrected chi connectivity index (χ2v) is 4.91. The monoisotopic (exact) mass is 312 g/mol. The Morgan fingerprint density at radius 2 is 1.53 bits per heavy atom. The molecule has 0 heterocycles. The number of hydrogen-bond donors (Lipinski definition) is 0. The summed E-state index contributed by atoms with van der Waals surface area (Å²) < 4.78 is 5.98. The molecule has 0 fully saturated rings. The van der Waals surface area contributed by atoms with Crippen molar-refractivity contribution in [3.05, 3.63) is 72.3 Å². The molecule has 3 aromatic rings. The predicted molar refractivity (Wildman–Crippen MR) is 83.1 cm³/mol. The van der Waals surface area contributed by atoms with E-state index in [2.05, 4.69) is 46.3 Å². The Balaban J connectivity index is 1.96. The molecule has 0 saturated carbocycles. The summed E-state index contributed by atoms with van der Waals surface area (Å²) in [5, 5.41) is 3.21. The average molecular weight is 313 g/mol. The zero-order valence-electron chi connectivity index (χ0n) is 10.3. The van der Waals surface area contributed by atoms with E-state index in [1.165, 1.54) is 10.8 Å². The van der Waals surface area contributed by atoms with Gasteiger partial charge in [-0.25, -0.2) is 0 Å². The van der Waals surface area contributed by atoms with Crippen LogP contribution in [0.15, 0.2) is 66.7 Å². The number of alkyl halides is 1. The molecular formula is C17H13BrO. The number of para-hydroxylation sites is 1. The third-order valence-corrected chi connectivity index (χ3v) is 3.67. The number of ether oxygens (including phenoxy) is 1. The van der Waals surface area contributed by atoms with Crippen LogP contribution >= 0.6 is 15.9 Å². The molecule has 0 N–H and O–H groups in total. The van der Waals surface area contributed by atoms with Crippen molar-refractivity contribution in [3.8, 4) is 11.5 Å². The normalized spacial score (nSPS) is 10.6. The summed E-state index contributed by atoms with van der Waals surface area (Å²) in [6, 6.07) is 22.5. The molecule has 19 heavy (non-hydrogen) atoms. The fourth-order valence-corrected chi connectivity index (χ4v) is 2.53. The molecule has 0 spiro atoms. The molecule has 1 nitrogen and oxygen atoms in total. The first-order valence-corrected chi connectivity index (χ1v) is 7.29. The van der Waals surface area contributed by atoms with Gasteiger partial charge in [0.2, 0.25) is 0 Å². The number of hydrogen-bond acceptors (Lipinski definition) is 1. The van der Waals surface area contributed by atoms with E-state index in [4.69, 9.17) is 4.74 Å². The molecule has 0 aliphatic rings. The van der Waals surface area contributed by atoms with Gasteiger partial charge in [-0.1, -0.05) is 64.5 Å². The van der Waals surface area contributed by atoms with E-state index < -0.39 is 0 Å². The molecule has 0 saturated heterocycles. The van der Waals surface area contributed by atoms with Gasteiger partial charge in [0.05, 0.1) is 0 Å². The van der Waals surface area contributed by atoms with Gasteiger partial charge >= 0.3 is 0 Å². The van der Waals surface area contributed by atoms with Crippen LogP contribution in [0.25, 0.3) is 10.8 Å². The highest BCUT2D eigenvalue weighted by molar-refractivity contribution is 9.08. The van der Waals surface area contributed by atoms with Gasteiger partial charge < -0.3 is 4.74 Å². The van der Waals surface area contributed by atoms with Crippen molar-refractivity contribution >= 4 is 26.7 Å². The van der Waals surface area contributed by atoms with Crippen molar-refractivity contribution in [3.63, 3.8) is 0 Å². The molecule has 0 aromatic heterocycles. The Bertz CT molecular complexity index is 706. The van der Waals surface area contributed by atoms with E-state index in [1.54, 1.807) is 0 Å². The van der Waals surface area contributed by atoms with Gasteiger partial charge in [0.25, 0.3) is 0 Å². The SMILES string of the molecule is BrCc1ccccc1Oc1ccc2ccccc2c1. The molecule has 0 bridgehead atoms. The summed E-state index contributed by atoms with van der Waals surface area (Å²) in [4.78, 5) is 0. The summed E-state index contributed by atoms with van der Waals surface area (Å²) >= 11 is 3.48. The van der Waals surface area contributed by atoms with Crippen LogP contribution in [-0.2, 0) is 5.33 Å². The van der Waals surface area contributed by atoms with Crippen molar-refractivity contribution in [2.45, 2.75) is 5.33 Å². The summed E-state index contributed by atoms with van der Waals surface area (Å²) in [6.07, 6.45) is 0. The third kappa shape index (κ3) is 2.64. The topological polar surface area (TPSA) is 9.23 Å². The van der Waals surface area contributed by atoms with Crippen LogP contribution in [0.3, 0.4) is 0 Å². The van der Waals surface area contributed by atoms with Gasteiger partial charge in [-0.05, 0) is 29.0 Å². The predicted octanol–water partition coefficient (Wildman–Crippen LogP) is 5.53. The first-order chi connectivity index (χ1) is 9.36. The summed E-state index contributed by atoms with van der Waals surface area (Å²) in [6.45, 7) is 0. The highest BCUT2D eigenvalue weighted by Gasteiger charge is 2.03. The van der Waals surface area contributed by atoms with Crippen molar-refractivity contribution < 1.29 is 4.74 Å². The molecule has 3 rings (SSSR count). The summed E-state index contributed by atoms with van der Waals surface area (Å²) in [7, 11) is 0. The van der Waals surface area contributed by atoms with Gasteiger partial charge in [-0.3, -0.25) is 0 Å². The second kappa shape index (κ2) is 5.45. The van der Waals surface area contributed by atoms with Crippen molar-refractivity contribution in [2.75, 3.05) is 0 Å². The fourth-order valence-electron chi connectivity index (χ4n) is 2.07. The van der Waals surface area contributed by atoms with E-state index in [0.29, 0.717) is 0 Å².